The zero-order chi connectivity index (χ0) is 21.8. The van der Waals surface area contributed by atoms with Crippen LogP contribution in [0.3, 0.4) is 0 Å². The van der Waals surface area contributed by atoms with Gasteiger partial charge in [-0.1, -0.05) is 109 Å². The largest absolute Gasteiger partial charge is 0.467 e. The summed E-state index contributed by atoms with van der Waals surface area (Å²) < 4.78 is 6.40. The molecule has 0 amide bonds. The molecule has 32 heavy (non-hydrogen) atoms. The number of aliphatic imine (C=N–C) groups is 1. The van der Waals surface area contributed by atoms with Gasteiger partial charge in [0.05, 0.1) is 6.61 Å². The van der Waals surface area contributed by atoms with Crippen LogP contribution in [0.2, 0.25) is 0 Å². The van der Waals surface area contributed by atoms with Crippen LogP contribution in [0.15, 0.2) is 120 Å². The van der Waals surface area contributed by atoms with E-state index in [1.807, 2.05) is 48.5 Å². The number of rotatable bonds is 6. The van der Waals surface area contributed by atoms with E-state index in [-0.39, 0.29) is 18.8 Å². The average Bonchev–Trinajstić information content (AvgIpc) is 3.31. The zero-order valence-electron chi connectivity index (χ0n) is 17.6. The molecule has 0 fully saturated rings. The maximum Gasteiger partial charge on any atom is 0.217 e. The molecule has 0 bridgehead atoms. The van der Waals surface area contributed by atoms with Gasteiger partial charge in [0.15, 0.2) is 6.10 Å². The van der Waals surface area contributed by atoms with Gasteiger partial charge in [-0.25, -0.2) is 4.99 Å². The van der Waals surface area contributed by atoms with Crippen molar-refractivity contribution >= 4 is 29.7 Å². The molecular weight excluding hydrogens is 413 g/mol. The highest BCUT2D eigenvalue weighted by molar-refractivity contribution is 7.80. The molecule has 0 radical (unpaired) electrons. The van der Waals surface area contributed by atoms with E-state index < -0.39 is 7.92 Å². The van der Waals surface area contributed by atoms with Crippen LogP contribution in [0.25, 0.3) is 0 Å². The Morgan fingerprint density at radius 2 is 1.22 bits per heavy atom. The van der Waals surface area contributed by atoms with Crippen LogP contribution >= 0.6 is 7.92 Å². The Kier molecular flexibility index (Phi) is 6.11. The number of ether oxygens (including phenoxy) is 1. The van der Waals surface area contributed by atoms with Gasteiger partial charge in [0.25, 0.3) is 0 Å². The first-order valence-electron chi connectivity index (χ1n) is 10.7. The van der Waals surface area contributed by atoms with Crippen molar-refractivity contribution in [3.63, 3.8) is 0 Å². The first-order valence-corrected chi connectivity index (χ1v) is 12.1. The number of nitrogens with zero attached hydrogens (tertiary/aromatic N) is 1. The normalized spacial score (nSPS) is 17.8. The minimum atomic E-state index is -0.793. The summed E-state index contributed by atoms with van der Waals surface area (Å²) in [6.45, 7) is -0.0582. The van der Waals surface area contributed by atoms with Crippen molar-refractivity contribution in [2.75, 3.05) is 6.61 Å². The molecule has 1 aliphatic rings. The molecule has 4 aromatic rings. The van der Waals surface area contributed by atoms with Crippen LogP contribution in [-0.4, -0.2) is 23.7 Å². The number of aliphatic hydroxyl groups excluding tert-OH is 1. The van der Waals surface area contributed by atoms with E-state index in [0.29, 0.717) is 5.90 Å². The first-order chi connectivity index (χ1) is 15.8. The van der Waals surface area contributed by atoms with Gasteiger partial charge < -0.3 is 9.84 Å². The van der Waals surface area contributed by atoms with Gasteiger partial charge in [0, 0.05) is 5.56 Å². The van der Waals surface area contributed by atoms with Gasteiger partial charge >= 0.3 is 0 Å². The van der Waals surface area contributed by atoms with Crippen LogP contribution in [0, 0.1) is 0 Å². The summed E-state index contributed by atoms with van der Waals surface area (Å²) in [6.07, 6.45) is -0.288. The fourth-order valence-corrected chi connectivity index (χ4v) is 6.52. The molecular formula is C28H24NO2P. The van der Waals surface area contributed by atoms with Crippen molar-refractivity contribution in [3.8, 4) is 0 Å². The predicted octanol–water partition coefficient (Wildman–Crippen LogP) is 4.32. The summed E-state index contributed by atoms with van der Waals surface area (Å²) in [5.41, 5.74) is 2.01. The lowest BCUT2D eigenvalue weighted by Crippen LogP contribution is -2.25. The van der Waals surface area contributed by atoms with E-state index in [2.05, 4.69) is 66.7 Å². The lowest BCUT2D eigenvalue weighted by molar-refractivity contribution is 0.152. The van der Waals surface area contributed by atoms with E-state index in [9.17, 15) is 5.11 Å². The Labute approximate surface area is 189 Å². The van der Waals surface area contributed by atoms with Gasteiger partial charge in [-0.15, -0.1) is 0 Å². The first kappa shape index (κ1) is 20.6. The van der Waals surface area contributed by atoms with E-state index in [1.165, 1.54) is 15.9 Å². The van der Waals surface area contributed by atoms with Gasteiger partial charge in [0.1, 0.15) is 6.04 Å². The molecule has 0 unspecified atom stereocenters. The third-order valence-corrected chi connectivity index (χ3v) is 8.09. The van der Waals surface area contributed by atoms with Gasteiger partial charge in [-0.3, -0.25) is 0 Å². The molecule has 1 heterocycles. The fourth-order valence-electron chi connectivity index (χ4n) is 4.08. The van der Waals surface area contributed by atoms with E-state index >= 15 is 0 Å². The summed E-state index contributed by atoms with van der Waals surface area (Å²) in [6, 6.07) is 39.3. The summed E-state index contributed by atoms with van der Waals surface area (Å²) in [5.74, 6) is 0.605. The van der Waals surface area contributed by atoms with Crippen molar-refractivity contribution in [1.82, 2.24) is 0 Å². The molecule has 158 valence electrons. The Bertz CT molecular complexity index is 1160. The van der Waals surface area contributed by atoms with Crippen LogP contribution < -0.4 is 15.9 Å². The monoisotopic (exact) mass is 437 g/mol. The third kappa shape index (κ3) is 4.10. The van der Waals surface area contributed by atoms with Crippen molar-refractivity contribution in [2.45, 2.75) is 12.1 Å². The van der Waals surface area contributed by atoms with Crippen molar-refractivity contribution in [2.24, 2.45) is 4.99 Å². The van der Waals surface area contributed by atoms with Crippen LogP contribution in [0.5, 0.6) is 0 Å². The molecule has 0 aromatic heterocycles. The lowest BCUT2D eigenvalue weighted by Gasteiger charge is -2.22. The summed E-state index contributed by atoms with van der Waals surface area (Å²) in [4.78, 5) is 4.82. The smallest absolute Gasteiger partial charge is 0.217 e. The molecule has 1 aliphatic heterocycles. The van der Waals surface area contributed by atoms with Crippen molar-refractivity contribution in [1.29, 1.82) is 0 Å². The zero-order valence-corrected chi connectivity index (χ0v) is 18.5. The van der Waals surface area contributed by atoms with Gasteiger partial charge in [-0.05, 0) is 35.5 Å². The van der Waals surface area contributed by atoms with Crippen molar-refractivity contribution in [3.05, 3.63) is 126 Å². The predicted molar refractivity (Wildman–Crippen MR) is 133 cm³/mol. The second-order valence-corrected chi connectivity index (χ2v) is 9.84. The Morgan fingerprint density at radius 3 is 1.81 bits per heavy atom. The quantitative estimate of drug-likeness (QED) is 0.457. The molecule has 3 nitrogen and oxygen atoms in total. The molecule has 4 aromatic carbocycles. The van der Waals surface area contributed by atoms with Crippen LogP contribution in [0.4, 0.5) is 0 Å². The second-order valence-electron chi connectivity index (χ2n) is 7.66. The highest BCUT2D eigenvalue weighted by Crippen LogP contribution is 2.36. The summed E-state index contributed by atoms with van der Waals surface area (Å²) in [7, 11) is -0.793. The number of hydrogen-bond donors (Lipinski definition) is 1. The second kappa shape index (κ2) is 9.48. The molecule has 4 heteroatoms. The number of aliphatic hydroxyl groups is 1. The van der Waals surface area contributed by atoms with Crippen LogP contribution in [0.1, 0.15) is 17.2 Å². The highest BCUT2D eigenvalue weighted by Gasteiger charge is 2.34. The Balaban J connectivity index is 1.59. The van der Waals surface area contributed by atoms with E-state index in [0.717, 1.165) is 11.1 Å². The Hall–Kier alpha value is -3.26. The van der Waals surface area contributed by atoms with Crippen molar-refractivity contribution < 1.29 is 9.84 Å². The molecule has 5 rings (SSSR count). The maximum absolute atomic E-state index is 10.0. The topological polar surface area (TPSA) is 41.8 Å². The lowest BCUT2D eigenvalue weighted by atomic mass is 10.0. The SMILES string of the molecule is OC[C@@H]1N=C(c2ccccc2P(c2ccccc2)c2ccccc2)O[C@H]1c1ccccc1. The third-order valence-electron chi connectivity index (χ3n) is 5.59. The average molecular weight is 437 g/mol. The summed E-state index contributed by atoms with van der Waals surface area (Å²) in [5, 5.41) is 13.8. The minimum Gasteiger partial charge on any atom is -0.467 e. The summed E-state index contributed by atoms with van der Waals surface area (Å²) >= 11 is 0. The number of hydrogen-bond acceptors (Lipinski definition) is 3. The fraction of sp³-hybridized carbons (Fsp3) is 0.107. The Morgan fingerprint density at radius 1 is 0.688 bits per heavy atom. The van der Waals surface area contributed by atoms with E-state index in [1.54, 1.807) is 0 Å². The molecule has 0 spiro atoms. The van der Waals surface area contributed by atoms with Gasteiger partial charge in [0.2, 0.25) is 5.90 Å². The molecule has 2 atom stereocenters. The maximum atomic E-state index is 10.0. The van der Waals surface area contributed by atoms with E-state index in [4.69, 9.17) is 9.73 Å². The molecule has 0 aliphatic carbocycles. The highest BCUT2D eigenvalue weighted by atomic mass is 31.1. The van der Waals surface area contributed by atoms with Crippen LogP contribution in [-0.2, 0) is 4.74 Å². The standard InChI is InChI=1S/C28H24NO2P/c30-20-25-27(21-12-4-1-5-13-21)31-28(29-25)24-18-10-11-19-26(24)32(22-14-6-2-7-15-22)23-16-8-3-9-17-23/h1-19,25,27,30H,20H2/t25-,27-/m0/s1. The molecule has 0 saturated carbocycles. The number of benzene rings is 4. The minimum absolute atomic E-state index is 0.0582. The molecule has 0 saturated heterocycles. The molecule has 1 N–H and O–H groups in total. The van der Waals surface area contributed by atoms with Gasteiger partial charge in [-0.2, -0.15) is 0 Å².